The van der Waals surface area contributed by atoms with Crippen LogP contribution in [0.1, 0.15) is 12.0 Å². The SMILES string of the molecule is CN=C(NCCN1CCCS1(=O)=O)N1CCc2ccccc21. The zero-order chi connectivity index (χ0) is 15.6. The average molecular weight is 322 g/mol. The highest BCUT2D eigenvalue weighted by Gasteiger charge is 2.28. The van der Waals surface area contributed by atoms with Crippen molar-refractivity contribution >= 4 is 21.7 Å². The van der Waals surface area contributed by atoms with Crippen LogP contribution in [0.3, 0.4) is 0 Å². The molecule has 22 heavy (non-hydrogen) atoms. The molecule has 2 aliphatic rings. The largest absolute Gasteiger partial charge is 0.355 e. The molecular formula is C15H22N4O2S. The van der Waals surface area contributed by atoms with E-state index in [1.807, 2.05) is 6.07 Å². The molecule has 0 saturated carbocycles. The summed E-state index contributed by atoms with van der Waals surface area (Å²) in [5.41, 5.74) is 2.51. The number of para-hydroxylation sites is 1. The van der Waals surface area contributed by atoms with Crippen LogP contribution in [0.15, 0.2) is 29.3 Å². The molecule has 0 amide bonds. The second kappa shape index (κ2) is 6.26. The fraction of sp³-hybridized carbons (Fsp3) is 0.533. The topological polar surface area (TPSA) is 65.0 Å². The predicted octanol–water partition coefficient (Wildman–Crippen LogP) is 0.660. The fourth-order valence-corrected chi connectivity index (χ4v) is 4.62. The van der Waals surface area contributed by atoms with Crippen molar-refractivity contribution in [3.63, 3.8) is 0 Å². The maximum atomic E-state index is 11.8. The number of benzene rings is 1. The highest BCUT2D eigenvalue weighted by atomic mass is 32.2. The summed E-state index contributed by atoms with van der Waals surface area (Å²) in [7, 11) is -1.26. The molecule has 2 heterocycles. The van der Waals surface area contributed by atoms with Crippen molar-refractivity contribution in [2.75, 3.05) is 43.9 Å². The van der Waals surface area contributed by atoms with Gasteiger partial charge in [-0.05, 0) is 24.5 Å². The monoisotopic (exact) mass is 322 g/mol. The maximum absolute atomic E-state index is 11.8. The number of hydrogen-bond acceptors (Lipinski definition) is 3. The second-order valence-electron chi connectivity index (χ2n) is 5.57. The van der Waals surface area contributed by atoms with E-state index in [9.17, 15) is 8.42 Å². The minimum atomic E-state index is -3.02. The van der Waals surface area contributed by atoms with Crippen LogP contribution in [0.4, 0.5) is 5.69 Å². The highest BCUT2D eigenvalue weighted by molar-refractivity contribution is 7.89. The van der Waals surface area contributed by atoms with Gasteiger partial charge in [-0.2, -0.15) is 0 Å². The van der Waals surface area contributed by atoms with Gasteiger partial charge in [0.1, 0.15) is 0 Å². The lowest BCUT2D eigenvalue weighted by atomic mass is 10.2. The van der Waals surface area contributed by atoms with E-state index in [1.165, 1.54) is 11.3 Å². The second-order valence-corrected chi connectivity index (χ2v) is 7.66. The summed E-state index contributed by atoms with van der Waals surface area (Å²) in [4.78, 5) is 6.49. The Bertz CT molecular complexity index is 672. The minimum Gasteiger partial charge on any atom is -0.355 e. The van der Waals surface area contributed by atoms with Crippen LogP contribution in [-0.4, -0.2) is 57.7 Å². The lowest BCUT2D eigenvalue weighted by Gasteiger charge is -2.23. The molecule has 0 radical (unpaired) electrons. The molecule has 1 N–H and O–H groups in total. The quantitative estimate of drug-likeness (QED) is 0.656. The van der Waals surface area contributed by atoms with Crippen molar-refractivity contribution in [3.8, 4) is 0 Å². The van der Waals surface area contributed by atoms with Gasteiger partial charge in [-0.15, -0.1) is 0 Å². The molecule has 7 heteroatoms. The third-order valence-corrected chi connectivity index (χ3v) is 6.16. The number of anilines is 1. The number of aliphatic imine (C=N–C) groups is 1. The number of hydrogen-bond donors (Lipinski definition) is 1. The van der Waals surface area contributed by atoms with Crippen LogP contribution in [-0.2, 0) is 16.4 Å². The van der Waals surface area contributed by atoms with Gasteiger partial charge >= 0.3 is 0 Å². The van der Waals surface area contributed by atoms with Crippen molar-refractivity contribution in [1.82, 2.24) is 9.62 Å². The molecule has 0 aliphatic carbocycles. The van der Waals surface area contributed by atoms with E-state index in [0.717, 1.165) is 25.3 Å². The summed E-state index contributed by atoms with van der Waals surface area (Å²) in [5, 5.41) is 3.29. The van der Waals surface area contributed by atoms with Gasteiger partial charge in [-0.25, -0.2) is 12.7 Å². The van der Waals surface area contributed by atoms with E-state index in [-0.39, 0.29) is 5.75 Å². The molecule has 0 unspecified atom stereocenters. The Morgan fingerprint density at radius 1 is 1.32 bits per heavy atom. The molecule has 0 atom stereocenters. The van der Waals surface area contributed by atoms with Crippen LogP contribution in [0, 0.1) is 0 Å². The number of guanidine groups is 1. The summed E-state index contributed by atoms with van der Waals surface area (Å²) in [6.45, 7) is 2.61. The Hall–Kier alpha value is -1.60. The third kappa shape index (κ3) is 2.96. The number of fused-ring (bicyclic) bond motifs is 1. The first-order valence-electron chi connectivity index (χ1n) is 7.66. The Kier molecular flexibility index (Phi) is 4.35. The van der Waals surface area contributed by atoms with Crippen LogP contribution in [0.2, 0.25) is 0 Å². The van der Waals surface area contributed by atoms with Gasteiger partial charge in [0.2, 0.25) is 10.0 Å². The lowest BCUT2D eigenvalue weighted by Crippen LogP contribution is -2.44. The standard InChI is InChI=1S/C15H22N4O2S/c1-16-15(17-8-11-18-9-4-12-22(18,20)21)19-10-7-13-5-2-3-6-14(13)19/h2-3,5-6H,4,7-12H2,1H3,(H,16,17). The van der Waals surface area contributed by atoms with Crippen molar-refractivity contribution < 1.29 is 8.42 Å². The smallest absolute Gasteiger partial charge is 0.214 e. The summed E-state index contributed by atoms with van der Waals surface area (Å²) < 4.78 is 25.1. The molecule has 0 bridgehead atoms. The number of nitrogens with zero attached hydrogens (tertiary/aromatic N) is 3. The molecule has 1 aromatic carbocycles. The Labute approximate surface area is 131 Å². The van der Waals surface area contributed by atoms with Crippen LogP contribution in [0.25, 0.3) is 0 Å². The first kappa shape index (κ1) is 15.3. The molecule has 3 rings (SSSR count). The molecule has 1 fully saturated rings. The van der Waals surface area contributed by atoms with Crippen molar-refractivity contribution in [1.29, 1.82) is 0 Å². The number of sulfonamides is 1. The molecule has 6 nitrogen and oxygen atoms in total. The zero-order valence-electron chi connectivity index (χ0n) is 12.8. The van der Waals surface area contributed by atoms with E-state index in [4.69, 9.17) is 0 Å². The van der Waals surface area contributed by atoms with Gasteiger partial charge < -0.3 is 10.2 Å². The molecule has 2 aliphatic heterocycles. The molecule has 0 aromatic heterocycles. The lowest BCUT2D eigenvalue weighted by molar-refractivity contribution is 0.445. The van der Waals surface area contributed by atoms with E-state index in [0.29, 0.717) is 19.6 Å². The third-order valence-electron chi connectivity index (χ3n) is 4.20. The average Bonchev–Trinajstić information content (AvgIpc) is 3.07. The predicted molar refractivity (Wildman–Crippen MR) is 88.8 cm³/mol. The minimum absolute atomic E-state index is 0.279. The number of nitrogens with one attached hydrogen (secondary N) is 1. The van der Waals surface area contributed by atoms with Crippen molar-refractivity contribution in [2.45, 2.75) is 12.8 Å². The van der Waals surface area contributed by atoms with Crippen LogP contribution in [0.5, 0.6) is 0 Å². The first-order valence-corrected chi connectivity index (χ1v) is 9.26. The van der Waals surface area contributed by atoms with Gasteiger partial charge in [0.05, 0.1) is 5.75 Å². The molecule has 1 aromatic rings. The molecular weight excluding hydrogens is 300 g/mol. The Morgan fingerprint density at radius 3 is 2.86 bits per heavy atom. The molecule has 1 saturated heterocycles. The van der Waals surface area contributed by atoms with Gasteiger partial charge in [0.15, 0.2) is 5.96 Å². The fourth-order valence-electron chi connectivity index (χ4n) is 3.09. The van der Waals surface area contributed by atoms with E-state index < -0.39 is 10.0 Å². The van der Waals surface area contributed by atoms with E-state index in [1.54, 1.807) is 11.4 Å². The maximum Gasteiger partial charge on any atom is 0.214 e. The van der Waals surface area contributed by atoms with Gasteiger partial charge in [-0.3, -0.25) is 4.99 Å². The van der Waals surface area contributed by atoms with E-state index >= 15 is 0 Å². The van der Waals surface area contributed by atoms with E-state index in [2.05, 4.69) is 33.4 Å². The Morgan fingerprint density at radius 2 is 2.14 bits per heavy atom. The van der Waals surface area contributed by atoms with Crippen molar-refractivity contribution in [2.24, 2.45) is 4.99 Å². The van der Waals surface area contributed by atoms with Gasteiger partial charge in [0, 0.05) is 38.9 Å². The number of rotatable bonds is 3. The zero-order valence-corrected chi connectivity index (χ0v) is 13.6. The van der Waals surface area contributed by atoms with Crippen molar-refractivity contribution in [3.05, 3.63) is 29.8 Å². The van der Waals surface area contributed by atoms with Crippen LogP contribution >= 0.6 is 0 Å². The summed E-state index contributed by atoms with van der Waals surface area (Å²) >= 11 is 0. The first-order chi connectivity index (χ1) is 10.6. The van der Waals surface area contributed by atoms with Gasteiger partial charge in [-0.1, -0.05) is 18.2 Å². The molecule has 120 valence electrons. The Balaban J connectivity index is 1.60. The summed E-state index contributed by atoms with van der Waals surface area (Å²) in [5.74, 6) is 1.09. The highest BCUT2D eigenvalue weighted by Crippen LogP contribution is 2.27. The molecule has 0 spiro atoms. The summed E-state index contributed by atoms with van der Waals surface area (Å²) in [6, 6.07) is 8.32. The van der Waals surface area contributed by atoms with Gasteiger partial charge in [0.25, 0.3) is 0 Å². The van der Waals surface area contributed by atoms with Crippen LogP contribution < -0.4 is 10.2 Å². The summed E-state index contributed by atoms with van der Waals surface area (Å²) in [6.07, 6.45) is 1.74. The normalized spacial score (nSPS) is 21.1.